The summed E-state index contributed by atoms with van der Waals surface area (Å²) < 4.78 is 28.6. The highest BCUT2D eigenvalue weighted by Crippen LogP contribution is 2.28. The molecule has 3 aromatic carbocycles. The number of halogens is 3. The van der Waals surface area contributed by atoms with Crippen LogP contribution in [0.5, 0.6) is 0 Å². The number of anilines is 1. The number of nitrogens with zero attached hydrogens (tertiary/aromatic N) is 2. The van der Waals surface area contributed by atoms with Gasteiger partial charge in [0.1, 0.15) is 0 Å². The lowest BCUT2D eigenvalue weighted by atomic mass is 9.90. The lowest BCUT2D eigenvalue weighted by Crippen LogP contribution is -2.48. The van der Waals surface area contributed by atoms with Gasteiger partial charge in [0.15, 0.2) is 5.78 Å². The topological polar surface area (TPSA) is 57.7 Å². The maximum Gasteiger partial charge on any atom is 0.243 e. The third-order valence-corrected chi connectivity index (χ3v) is 10.4. The molecule has 208 valence electrons. The normalized spacial score (nSPS) is 15.4. The van der Waals surface area contributed by atoms with E-state index in [-0.39, 0.29) is 11.7 Å². The van der Waals surface area contributed by atoms with Gasteiger partial charge in [-0.3, -0.25) is 4.79 Å². The molecule has 3 aromatic rings. The van der Waals surface area contributed by atoms with Gasteiger partial charge in [0.05, 0.1) is 14.9 Å². The van der Waals surface area contributed by atoms with Crippen LogP contribution < -0.4 is 4.90 Å². The number of piperazine rings is 1. The van der Waals surface area contributed by atoms with Crippen molar-refractivity contribution in [1.82, 2.24) is 4.31 Å². The van der Waals surface area contributed by atoms with E-state index in [0.29, 0.717) is 64.5 Å². The highest BCUT2D eigenvalue weighted by atomic mass is 35.5. The van der Waals surface area contributed by atoms with Gasteiger partial charge in [-0.1, -0.05) is 60.3 Å². The van der Waals surface area contributed by atoms with E-state index in [1.807, 2.05) is 43.3 Å². The summed E-state index contributed by atoms with van der Waals surface area (Å²) in [6, 6.07) is 18.0. The lowest BCUT2D eigenvalue weighted by Gasteiger charge is -2.35. The second-order valence-electron chi connectivity index (χ2n) is 10.0. The second kappa shape index (κ2) is 13.0. The quantitative estimate of drug-likeness (QED) is 0.222. The largest absolute Gasteiger partial charge is 0.369 e. The number of Topliss-reactive ketones (excluding diaryl/α,β-unsaturated/α-hetero) is 1. The van der Waals surface area contributed by atoms with E-state index >= 15 is 0 Å². The van der Waals surface area contributed by atoms with Crippen molar-refractivity contribution in [3.05, 3.63) is 92.4 Å². The maximum atomic E-state index is 13.5. The zero-order chi connectivity index (χ0) is 28.2. The van der Waals surface area contributed by atoms with E-state index in [4.69, 9.17) is 34.8 Å². The van der Waals surface area contributed by atoms with Gasteiger partial charge in [-0.15, -0.1) is 0 Å². The molecule has 39 heavy (non-hydrogen) atoms. The van der Waals surface area contributed by atoms with Crippen molar-refractivity contribution in [1.29, 1.82) is 0 Å². The first-order chi connectivity index (χ1) is 18.6. The highest BCUT2D eigenvalue weighted by Gasteiger charge is 2.29. The predicted octanol–water partition coefficient (Wildman–Crippen LogP) is 7.70. The molecule has 0 amide bonds. The Bertz CT molecular complexity index is 1440. The summed E-state index contributed by atoms with van der Waals surface area (Å²) in [4.78, 5) is 15.3. The predicted molar refractivity (Wildman–Crippen MR) is 161 cm³/mol. The van der Waals surface area contributed by atoms with Crippen LogP contribution in [0.25, 0.3) is 0 Å². The van der Waals surface area contributed by atoms with Crippen molar-refractivity contribution >= 4 is 56.3 Å². The van der Waals surface area contributed by atoms with E-state index in [0.717, 1.165) is 29.7 Å². The molecule has 1 fully saturated rings. The minimum Gasteiger partial charge on any atom is -0.369 e. The van der Waals surface area contributed by atoms with Crippen LogP contribution in [0.15, 0.2) is 65.6 Å². The van der Waals surface area contributed by atoms with E-state index in [2.05, 4.69) is 11.8 Å². The molecule has 0 radical (unpaired) electrons. The van der Waals surface area contributed by atoms with Crippen molar-refractivity contribution in [2.75, 3.05) is 31.1 Å². The minimum atomic E-state index is -3.62. The highest BCUT2D eigenvalue weighted by molar-refractivity contribution is 7.89. The Kier molecular flexibility index (Phi) is 10.00. The standard InChI is InChI=1S/C30H33Cl3N2O3S/c1-3-22(17-30(36)24-10-12-28(32)29(33)19-24)8-9-23-18-27(11-7-21(23)2)39(37,38)35-15-13-34(14-16-35)26-6-4-5-25(31)20-26/h4-7,10-12,18-20,22H,3,8-9,13-17H2,1-2H3. The molecule has 1 heterocycles. The molecule has 1 saturated heterocycles. The fourth-order valence-electron chi connectivity index (χ4n) is 4.95. The molecular formula is C30H33Cl3N2O3S. The number of aryl methyl sites for hydroxylation is 2. The molecule has 1 aliphatic rings. The third kappa shape index (κ3) is 7.36. The molecule has 1 aliphatic heterocycles. The van der Waals surface area contributed by atoms with Gasteiger partial charge >= 0.3 is 0 Å². The molecule has 0 saturated carbocycles. The van der Waals surface area contributed by atoms with Crippen LogP contribution >= 0.6 is 34.8 Å². The first kappa shape index (κ1) is 29.9. The Hall–Kier alpha value is -2.09. The van der Waals surface area contributed by atoms with Gasteiger partial charge in [-0.05, 0) is 85.3 Å². The summed E-state index contributed by atoms with van der Waals surface area (Å²) in [7, 11) is -3.62. The van der Waals surface area contributed by atoms with E-state index < -0.39 is 10.0 Å². The zero-order valence-corrected chi connectivity index (χ0v) is 25.3. The van der Waals surface area contributed by atoms with Crippen molar-refractivity contribution < 1.29 is 13.2 Å². The summed E-state index contributed by atoms with van der Waals surface area (Å²) in [5.41, 5.74) is 3.60. The monoisotopic (exact) mass is 606 g/mol. The van der Waals surface area contributed by atoms with Crippen molar-refractivity contribution in [3.63, 3.8) is 0 Å². The van der Waals surface area contributed by atoms with Gasteiger partial charge in [0, 0.05) is 48.9 Å². The van der Waals surface area contributed by atoms with Gasteiger partial charge in [-0.2, -0.15) is 4.31 Å². The fraction of sp³-hybridized carbons (Fsp3) is 0.367. The number of hydrogen-bond acceptors (Lipinski definition) is 4. The Morgan fingerprint density at radius 1 is 0.923 bits per heavy atom. The number of ketones is 1. The number of sulfonamides is 1. The Balaban J connectivity index is 1.40. The Labute approximate surface area is 246 Å². The first-order valence-corrected chi connectivity index (χ1v) is 15.7. The molecule has 0 spiro atoms. The molecule has 0 bridgehead atoms. The Morgan fingerprint density at radius 3 is 2.33 bits per heavy atom. The maximum absolute atomic E-state index is 13.5. The van der Waals surface area contributed by atoms with Gasteiger partial charge < -0.3 is 4.90 Å². The summed E-state index contributed by atoms with van der Waals surface area (Å²) >= 11 is 18.2. The van der Waals surface area contributed by atoms with Gasteiger partial charge in [0.25, 0.3) is 0 Å². The number of carbonyl (C=O) groups excluding carboxylic acids is 1. The van der Waals surface area contributed by atoms with E-state index in [1.165, 1.54) is 0 Å². The van der Waals surface area contributed by atoms with E-state index in [1.54, 1.807) is 28.6 Å². The van der Waals surface area contributed by atoms with Crippen molar-refractivity contribution in [2.45, 2.75) is 44.4 Å². The molecule has 1 atom stereocenters. The number of benzene rings is 3. The van der Waals surface area contributed by atoms with Crippen molar-refractivity contribution in [3.8, 4) is 0 Å². The van der Waals surface area contributed by atoms with Crippen LogP contribution in [-0.4, -0.2) is 44.7 Å². The molecule has 0 aromatic heterocycles. The molecule has 0 aliphatic carbocycles. The van der Waals surface area contributed by atoms with Crippen LogP contribution in [0.2, 0.25) is 15.1 Å². The molecule has 1 unspecified atom stereocenters. The molecule has 0 N–H and O–H groups in total. The van der Waals surface area contributed by atoms with Crippen LogP contribution in [0, 0.1) is 12.8 Å². The SMILES string of the molecule is CCC(CCc1cc(S(=O)(=O)N2CCN(c3cccc(Cl)c3)CC2)ccc1C)CC(=O)c1ccc(Cl)c(Cl)c1. The number of rotatable bonds is 10. The number of carbonyl (C=O) groups is 1. The van der Waals surface area contributed by atoms with Gasteiger partial charge in [-0.25, -0.2) is 8.42 Å². The molecular weight excluding hydrogens is 575 g/mol. The summed E-state index contributed by atoms with van der Waals surface area (Å²) in [5, 5.41) is 1.46. The second-order valence-corrected chi connectivity index (χ2v) is 13.2. The first-order valence-electron chi connectivity index (χ1n) is 13.2. The molecule has 4 rings (SSSR count). The smallest absolute Gasteiger partial charge is 0.243 e. The fourth-order valence-corrected chi connectivity index (χ4v) is 6.90. The zero-order valence-electron chi connectivity index (χ0n) is 22.2. The van der Waals surface area contributed by atoms with E-state index in [9.17, 15) is 13.2 Å². The average molecular weight is 608 g/mol. The summed E-state index contributed by atoms with van der Waals surface area (Å²) in [6.45, 7) is 6.09. The Morgan fingerprint density at radius 2 is 1.67 bits per heavy atom. The molecule has 5 nitrogen and oxygen atoms in total. The number of hydrogen-bond donors (Lipinski definition) is 0. The van der Waals surface area contributed by atoms with Crippen LogP contribution in [-0.2, 0) is 16.4 Å². The minimum absolute atomic E-state index is 0.0328. The summed E-state index contributed by atoms with van der Waals surface area (Å²) in [5.74, 6) is 0.205. The lowest BCUT2D eigenvalue weighted by molar-refractivity contribution is 0.0957. The summed E-state index contributed by atoms with van der Waals surface area (Å²) in [6.07, 6.45) is 2.74. The van der Waals surface area contributed by atoms with Crippen molar-refractivity contribution in [2.24, 2.45) is 5.92 Å². The molecule has 9 heteroatoms. The van der Waals surface area contributed by atoms with Crippen LogP contribution in [0.1, 0.15) is 47.7 Å². The third-order valence-electron chi connectivity index (χ3n) is 7.49. The van der Waals surface area contributed by atoms with Crippen LogP contribution in [0.3, 0.4) is 0 Å². The van der Waals surface area contributed by atoms with Crippen LogP contribution in [0.4, 0.5) is 5.69 Å². The average Bonchev–Trinajstić information content (AvgIpc) is 2.93. The van der Waals surface area contributed by atoms with Gasteiger partial charge in [0.2, 0.25) is 10.0 Å².